The zero-order chi connectivity index (χ0) is 17.9. The normalized spacial score (nSPS) is 11.0. The molecule has 2 aromatic rings. The minimum atomic E-state index is -0.545. The van der Waals surface area contributed by atoms with Crippen LogP contribution >= 0.6 is 0 Å². The van der Waals surface area contributed by atoms with Gasteiger partial charge in [0, 0.05) is 18.7 Å². The summed E-state index contributed by atoms with van der Waals surface area (Å²) in [5.41, 5.74) is 0.406. The first-order valence-corrected chi connectivity index (χ1v) is 7.06. The summed E-state index contributed by atoms with van der Waals surface area (Å²) in [5, 5.41) is 28.9. The van der Waals surface area contributed by atoms with Gasteiger partial charge in [-0.25, -0.2) is 0 Å². The standard InChI is InChI=1S/C15H16N4O5/c1-4-18-13(20)7-9(2)14(15(18)21)17-16-11-6-5-10(19(22)23)8-12(11)24-3/h5-8,21H,4H2,1-3H3. The van der Waals surface area contributed by atoms with Crippen LogP contribution in [0.2, 0.25) is 0 Å². The van der Waals surface area contributed by atoms with Crippen molar-refractivity contribution in [1.29, 1.82) is 0 Å². The van der Waals surface area contributed by atoms with Crippen molar-refractivity contribution in [3.8, 4) is 11.6 Å². The van der Waals surface area contributed by atoms with Crippen LogP contribution in [0, 0.1) is 17.0 Å². The number of aromatic nitrogens is 1. The molecule has 0 bridgehead atoms. The van der Waals surface area contributed by atoms with Crippen LogP contribution < -0.4 is 10.3 Å². The highest BCUT2D eigenvalue weighted by Gasteiger charge is 2.13. The molecule has 0 unspecified atom stereocenters. The van der Waals surface area contributed by atoms with Crippen LogP contribution in [0.3, 0.4) is 0 Å². The fourth-order valence-electron chi connectivity index (χ4n) is 2.14. The van der Waals surface area contributed by atoms with Gasteiger partial charge in [0.25, 0.3) is 11.2 Å². The van der Waals surface area contributed by atoms with Crippen LogP contribution in [0.15, 0.2) is 39.3 Å². The second-order valence-electron chi connectivity index (χ2n) is 4.90. The average molecular weight is 332 g/mol. The molecular formula is C15H16N4O5. The molecule has 1 N–H and O–H groups in total. The Bertz CT molecular complexity index is 873. The molecule has 1 heterocycles. The second-order valence-corrected chi connectivity index (χ2v) is 4.90. The fourth-order valence-corrected chi connectivity index (χ4v) is 2.14. The molecule has 9 nitrogen and oxygen atoms in total. The van der Waals surface area contributed by atoms with E-state index in [1.54, 1.807) is 13.8 Å². The topological polar surface area (TPSA) is 119 Å². The smallest absolute Gasteiger partial charge is 0.273 e. The summed E-state index contributed by atoms with van der Waals surface area (Å²) in [6, 6.07) is 5.25. The third-order valence-electron chi connectivity index (χ3n) is 3.40. The van der Waals surface area contributed by atoms with Gasteiger partial charge < -0.3 is 9.84 Å². The predicted octanol–water partition coefficient (Wildman–Crippen LogP) is 3.21. The lowest BCUT2D eigenvalue weighted by Crippen LogP contribution is -2.18. The second kappa shape index (κ2) is 6.90. The Morgan fingerprint density at radius 2 is 2.04 bits per heavy atom. The summed E-state index contributed by atoms with van der Waals surface area (Å²) in [4.78, 5) is 22.0. The number of non-ortho nitro benzene ring substituents is 1. The number of hydrogen-bond donors (Lipinski definition) is 1. The van der Waals surface area contributed by atoms with Gasteiger partial charge in [0.15, 0.2) is 5.75 Å². The van der Waals surface area contributed by atoms with E-state index >= 15 is 0 Å². The number of nitrogens with zero attached hydrogens (tertiary/aromatic N) is 4. The minimum Gasteiger partial charge on any atom is -0.494 e. The maximum absolute atomic E-state index is 11.8. The van der Waals surface area contributed by atoms with Gasteiger partial charge in [-0.1, -0.05) is 0 Å². The Morgan fingerprint density at radius 3 is 2.62 bits per heavy atom. The van der Waals surface area contributed by atoms with Crippen LogP contribution in [-0.2, 0) is 6.54 Å². The molecule has 0 spiro atoms. The number of benzene rings is 1. The highest BCUT2D eigenvalue weighted by Crippen LogP contribution is 2.35. The van der Waals surface area contributed by atoms with Crippen LogP contribution in [0.1, 0.15) is 12.5 Å². The molecule has 1 aromatic heterocycles. The minimum absolute atomic E-state index is 0.135. The van der Waals surface area contributed by atoms with E-state index in [9.17, 15) is 20.0 Å². The van der Waals surface area contributed by atoms with Crippen molar-refractivity contribution >= 4 is 17.1 Å². The fraction of sp³-hybridized carbons (Fsp3) is 0.267. The maximum Gasteiger partial charge on any atom is 0.273 e. The van der Waals surface area contributed by atoms with Crippen molar-refractivity contribution in [2.75, 3.05) is 7.11 Å². The molecule has 0 radical (unpaired) electrons. The molecule has 126 valence electrons. The van der Waals surface area contributed by atoms with E-state index in [1.807, 2.05) is 0 Å². The molecule has 0 saturated carbocycles. The quantitative estimate of drug-likeness (QED) is 0.512. The summed E-state index contributed by atoms with van der Waals surface area (Å²) in [7, 11) is 1.36. The zero-order valence-electron chi connectivity index (χ0n) is 13.4. The van der Waals surface area contributed by atoms with Crippen LogP contribution in [0.4, 0.5) is 17.1 Å². The lowest BCUT2D eigenvalue weighted by Gasteiger charge is -2.09. The van der Waals surface area contributed by atoms with Crippen molar-refractivity contribution in [2.45, 2.75) is 20.4 Å². The molecule has 0 atom stereocenters. The average Bonchev–Trinajstić information content (AvgIpc) is 2.54. The Kier molecular flexibility index (Phi) is 4.93. The Balaban J connectivity index is 2.49. The van der Waals surface area contributed by atoms with E-state index in [2.05, 4.69) is 10.2 Å². The number of aryl methyl sites for hydroxylation is 1. The highest BCUT2D eigenvalue weighted by molar-refractivity contribution is 5.58. The molecular weight excluding hydrogens is 316 g/mol. The zero-order valence-corrected chi connectivity index (χ0v) is 13.4. The van der Waals surface area contributed by atoms with Gasteiger partial charge >= 0.3 is 0 Å². The Labute approximate surface area is 137 Å². The number of methoxy groups -OCH3 is 1. The van der Waals surface area contributed by atoms with Gasteiger partial charge in [-0.2, -0.15) is 0 Å². The summed E-state index contributed by atoms with van der Waals surface area (Å²) in [6.07, 6.45) is 0. The van der Waals surface area contributed by atoms with E-state index in [1.165, 1.54) is 31.4 Å². The molecule has 2 rings (SSSR count). The third-order valence-corrected chi connectivity index (χ3v) is 3.40. The summed E-state index contributed by atoms with van der Waals surface area (Å²) in [5.74, 6) is -0.110. The van der Waals surface area contributed by atoms with Crippen molar-refractivity contribution in [2.24, 2.45) is 10.2 Å². The molecule has 0 saturated heterocycles. The SMILES string of the molecule is CCn1c(O)c(N=Nc2ccc([N+](=O)[O-])cc2OC)c(C)cc1=O. The maximum atomic E-state index is 11.8. The first-order chi connectivity index (χ1) is 11.4. The van der Waals surface area contributed by atoms with Gasteiger partial charge in [0.2, 0.25) is 5.88 Å². The Morgan fingerprint density at radius 1 is 1.33 bits per heavy atom. The van der Waals surface area contributed by atoms with E-state index in [0.29, 0.717) is 5.56 Å². The van der Waals surface area contributed by atoms with Gasteiger partial charge in [-0.3, -0.25) is 19.5 Å². The predicted molar refractivity (Wildman–Crippen MR) is 86.6 cm³/mol. The van der Waals surface area contributed by atoms with Crippen LogP contribution in [-0.4, -0.2) is 21.7 Å². The third kappa shape index (κ3) is 3.24. The summed E-state index contributed by atoms with van der Waals surface area (Å²) < 4.78 is 6.23. The largest absolute Gasteiger partial charge is 0.494 e. The van der Waals surface area contributed by atoms with Gasteiger partial charge in [-0.15, -0.1) is 10.2 Å². The number of nitro groups is 1. The first-order valence-electron chi connectivity index (χ1n) is 7.06. The van der Waals surface area contributed by atoms with E-state index in [-0.39, 0.29) is 40.8 Å². The van der Waals surface area contributed by atoms with E-state index < -0.39 is 4.92 Å². The summed E-state index contributed by atoms with van der Waals surface area (Å²) in [6.45, 7) is 3.63. The van der Waals surface area contributed by atoms with E-state index in [4.69, 9.17) is 4.74 Å². The van der Waals surface area contributed by atoms with Crippen LogP contribution in [0.25, 0.3) is 0 Å². The molecule has 0 fully saturated rings. The molecule has 0 amide bonds. The van der Waals surface area contributed by atoms with Gasteiger partial charge in [0.1, 0.15) is 11.4 Å². The monoisotopic (exact) mass is 332 g/mol. The highest BCUT2D eigenvalue weighted by atomic mass is 16.6. The lowest BCUT2D eigenvalue weighted by atomic mass is 10.2. The number of pyridine rings is 1. The van der Waals surface area contributed by atoms with Crippen molar-refractivity contribution in [1.82, 2.24) is 4.57 Å². The molecule has 9 heteroatoms. The van der Waals surface area contributed by atoms with Crippen molar-refractivity contribution in [3.05, 3.63) is 50.3 Å². The lowest BCUT2D eigenvalue weighted by molar-refractivity contribution is -0.384. The van der Waals surface area contributed by atoms with Crippen molar-refractivity contribution < 1.29 is 14.8 Å². The number of nitro benzene ring substituents is 1. The molecule has 24 heavy (non-hydrogen) atoms. The number of aromatic hydroxyl groups is 1. The first kappa shape index (κ1) is 17.1. The molecule has 0 aliphatic carbocycles. The van der Waals surface area contributed by atoms with E-state index in [0.717, 1.165) is 4.57 Å². The van der Waals surface area contributed by atoms with Gasteiger partial charge in [-0.05, 0) is 25.5 Å². The number of rotatable bonds is 5. The molecule has 0 aliphatic heterocycles. The number of azo groups is 1. The molecule has 0 aliphatic rings. The Hall–Kier alpha value is -3.23. The summed E-state index contributed by atoms with van der Waals surface area (Å²) >= 11 is 0. The number of ether oxygens (including phenoxy) is 1. The number of hydrogen-bond acceptors (Lipinski definition) is 7. The van der Waals surface area contributed by atoms with Crippen molar-refractivity contribution in [3.63, 3.8) is 0 Å². The molecule has 1 aromatic carbocycles. The van der Waals surface area contributed by atoms with Crippen LogP contribution in [0.5, 0.6) is 11.6 Å². The van der Waals surface area contributed by atoms with Gasteiger partial charge in [0.05, 0.1) is 18.1 Å².